The number of aromatic nitrogens is 5. The highest BCUT2D eigenvalue weighted by Gasteiger charge is 2.34. The summed E-state index contributed by atoms with van der Waals surface area (Å²) in [5.74, 6) is -0.284. The number of aryl methyl sites for hydroxylation is 2. The number of rotatable bonds is 9. The molecule has 6 rings (SSSR count). The highest BCUT2D eigenvalue weighted by atomic mass is 16.2. The first-order valence-corrected chi connectivity index (χ1v) is 15.2. The predicted octanol–water partition coefficient (Wildman–Crippen LogP) is 4.86. The lowest BCUT2D eigenvalue weighted by Gasteiger charge is -2.37. The molecular formula is C36H37N7O2. The van der Waals surface area contributed by atoms with E-state index < -0.39 is 6.04 Å². The second-order valence-electron chi connectivity index (χ2n) is 11.5. The third-order valence-corrected chi connectivity index (χ3v) is 8.59. The van der Waals surface area contributed by atoms with Crippen molar-refractivity contribution in [1.82, 2.24) is 34.3 Å². The van der Waals surface area contributed by atoms with Gasteiger partial charge in [0.25, 0.3) is 0 Å². The summed E-state index contributed by atoms with van der Waals surface area (Å²) < 4.78 is 3.49. The minimum absolute atomic E-state index is 0.0527. The number of amides is 2. The molecule has 1 aliphatic rings. The average Bonchev–Trinajstić information content (AvgIpc) is 3.69. The molecule has 1 aliphatic heterocycles. The van der Waals surface area contributed by atoms with E-state index in [1.807, 2.05) is 103 Å². The summed E-state index contributed by atoms with van der Waals surface area (Å²) in [5, 5.41) is 8.71. The first-order chi connectivity index (χ1) is 21.9. The molecule has 5 aromatic rings. The number of hydrogen-bond donors (Lipinski definition) is 0. The maximum Gasteiger partial charge on any atom is 0.247 e. The van der Waals surface area contributed by atoms with Crippen LogP contribution in [-0.4, -0.2) is 58.7 Å². The van der Waals surface area contributed by atoms with E-state index in [0.29, 0.717) is 19.5 Å². The van der Waals surface area contributed by atoms with Crippen LogP contribution in [0.3, 0.4) is 0 Å². The minimum Gasteiger partial charge on any atom is -0.336 e. The van der Waals surface area contributed by atoms with Crippen molar-refractivity contribution in [2.24, 2.45) is 7.05 Å². The molecule has 3 aromatic carbocycles. The molecule has 0 spiro atoms. The SMILES string of the molecule is Cc1nn(C)c(C)c1C=CC(=O)N(Cc1ccc(-n2cncn2)cc1)C(Cc1ccccc1)C(=O)N1CCc2ccccc2C1. The van der Waals surface area contributed by atoms with E-state index in [2.05, 4.69) is 27.3 Å². The predicted molar refractivity (Wildman–Crippen MR) is 173 cm³/mol. The van der Waals surface area contributed by atoms with Gasteiger partial charge in [-0.1, -0.05) is 66.7 Å². The molecule has 0 fully saturated rings. The van der Waals surface area contributed by atoms with E-state index in [1.165, 1.54) is 11.9 Å². The summed E-state index contributed by atoms with van der Waals surface area (Å²) in [6.45, 7) is 5.31. The Morgan fingerprint density at radius 1 is 0.933 bits per heavy atom. The van der Waals surface area contributed by atoms with Crippen molar-refractivity contribution in [3.63, 3.8) is 0 Å². The van der Waals surface area contributed by atoms with E-state index in [0.717, 1.165) is 45.7 Å². The fourth-order valence-electron chi connectivity index (χ4n) is 5.98. The molecule has 2 aromatic heterocycles. The van der Waals surface area contributed by atoms with Crippen LogP contribution >= 0.6 is 0 Å². The molecule has 3 heterocycles. The van der Waals surface area contributed by atoms with Gasteiger partial charge in [-0.2, -0.15) is 10.2 Å². The first-order valence-electron chi connectivity index (χ1n) is 15.2. The quantitative estimate of drug-likeness (QED) is 0.226. The molecular weight excluding hydrogens is 562 g/mol. The van der Waals surface area contributed by atoms with Crippen LogP contribution < -0.4 is 0 Å². The lowest BCUT2D eigenvalue weighted by molar-refractivity contribution is -0.144. The van der Waals surface area contributed by atoms with Gasteiger partial charge in [0.1, 0.15) is 18.7 Å². The summed E-state index contributed by atoms with van der Waals surface area (Å²) in [5.41, 5.74) is 7.90. The Kier molecular flexibility index (Phi) is 8.68. The van der Waals surface area contributed by atoms with Gasteiger partial charge in [0.05, 0.1) is 11.4 Å². The Labute approximate surface area is 263 Å². The van der Waals surface area contributed by atoms with Crippen LogP contribution in [0.2, 0.25) is 0 Å². The van der Waals surface area contributed by atoms with E-state index in [1.54, 1.807) is 22.0 Å². The zero-order valence-corrected chi connectivity index (χ0v) is 25.9. The molecule has 9 heteroatoms. The summed E-state index contributed by atoms with van der Waals surface area (Å²) in [6.07, 6.45) is 7.73. The van der Waals surface area contributed by atoms with Crippen molar-refractivity contribution in [2.45, 2.75) is 45.8 Å². The molecule has 9 nitrogen and oxygen atoms in total. The molecule has 0 bridgehead atoms. The van der Waals surface area contributed by atoms with Gasteiger partial charge in [0.2, 0.25) is 11.8 Å². The van der Waals surface area contributed by atoms with Gasteiger partial charge in [-0.15, -0.1) is 0 Å². The number of carbonyl (C=O) groups is 2. The molecule has 2 amide bonds. The van der Waals surface area contributed by atoms with Crippen LogP contribution in [0.5, 0.6) is 0 Å². The zero-order chi connectivity index (χ0) is 31.3. The van der Waals surface area contributed by atoms with E-state index in [4.69, 9.17) is 0 Å². The molecule has 0 N–H and O–H groups in total. The van der Waals surface area contributed by atoms with Crippen molar-refractivity contribution in [1.29, 1.82) is 0 Å². The monoisotopic (exact) mass is 599 g/mol. The molecule has 0 aliphatic carbocycles. The lowest BCUT2D eigenvalue weighted by atomic mass is 9.97. The highest BCUT2D eigenvalue weighted by molar-refractivity contribution is 5.96. The second-order valence-corrected chi connectivity index (χ2v) is 11.5. The zero-order valence-electron chi connectivity index (χ0n) is 25.9. The summed E-state index contributed by atoms with van der Waals surface area (Å²) in [7, 11) is 1.89. The normalized spacial score (nSPS) is 13.5. The third-order valence-electron chi connectivity index (χ3n) is 8.59. The Hall–Kier alpha value is -5.31. The van der Waals surface area contributed by atoms with Crippen LogP contribution in [0.4, 0.5) is 0 Å². The van der Waals surface area contributed by atoms with Crippen molar-refractivity contribution >= 4 is 17.9 Å². The Balaban J connectivity index is 1.36. The van der Waals surface area contributed by atoms with Crippen LogP contribution in [0.1, 0.15) is 39.2 Å². The first kappa shape index (κ1) is 29.7. The average molecular weight is 600 g/mol. The number of nitrogens with zero attached hydrogens (tertiary/aromatic N) is 7. The third kappa shape index (κ3) is 6.62. The van der Waals surface area contributed by atoms with Crippen LogP contribution in [0.25, 0.3) is 11.8 Å². The fraction of sp³-hybridized carbons (Fsp3) is 0.250. The Morgan fingerprint density at radius 3 is 2.36 bits per heavy atom. The highest BCUT2D eigenvalue weighted by Crippen LogP contribution is 2.24. The van der Waals surface area contributed by atoms with Crippen LogP contribution in [-0.2, 0) is 42.6 Å². The molecule has 0 radical (unpaired) electrons. The van der Waals surface area contributed by atoms with Crippen molar-refractivity contribution in [3.05, 3.63) is 137 Å². The Bertz CT molecular complexity index is 1810. The molecule has 1 unspecified atom stereocenters. The second kappa shape index (κ2) is 13.1. The van der Waals surface area contributed by atoms with Crippen molar-refractivity contribution < 1.29 is 9.59 Å². The number of hydrogen-bond acceptors (Lipinski definition) is 5. The van der Waals surface area contributed by atoms with E-state index in [-0.39, 0.29) is 18.4 Å². The van der Waals surface area contributed by atoms with Crippen LogP contribution in [0, 0.1) is 13.8 Å². The number of fused-ring (bicyclic) bond motifs is 1. The van der Waals surface area contributed by atoms with Gasteiger partial charge in [-0.25, -0.2) is 9.67 Å². The molecule has 0 saturated carbocycles. The van der Waals surface area contributed by atoms with Crippen molar-refractivity contribution in [2.75, 3.05) is 6.54 Å². The van der Waals surface area contributed by atoms with E-state index in [9.17, 15) is 9.59 Å². The topological polar surface area (TPSA) is 89.1 Å². The van der Waals surface area contributed by atoms with E-state index >= 15 is 0 Å². The maximum atomic E-state index is 14.5. The number of benzene rings is 3. The standard InChI is InChI=1S/C36H37N7O2/c1-26-33(27(2)40(3)39-26)17-18-35(44)42(22-29-13-15-32(16-14-29)43-25-37-24-38-43)34(21-28-9-5-4-6-10-28)36(45)41-20-19-30-11-7-8-12-31(30)23-41/h4-18,24-25,34H,19-23H2,1-3H3. The maximum absolute atomic E-state index is 14.5. The van der Waals surface area contributed by atoms with Crippen LogP contribution in [0.15, 0.2) is 97.6 Å². The molecule has 45 heavy (non-hydrogen) atoms. The lowest BCUT2D eigenvalue weighted by Crippen LogP contribution is -2.52. The molecule has 0 saturated heterocycles. The van der Waals surface area contributed by atoms with Gasteiger partial charge < -0.3 is 9.80 Å². The molecule has 228 valence electrons. The summed E-state index contributed by atoms with van der Waals surface area (Å²) in [6, 6.07) is 25.3. The summed E-state index contributed by atoms with van der Waals surface area (Å²) in [4.78, 5) is 36.4. The fourth-order valence-corrected chi connectivity index (χ4v) is 5.98. The van der Waals surface area contributed by atoms with Gasteiger partial charge in [-0.05, 0) is 60.7 Å². The summed E-state index contributed by atoms with van der Waals surface area (Å²) >= 11 is 0. The van der Waals surface area contributed by atoms with Gasteiger partial charge in [-0.3, -0.25) is 14.3 Å². The largest absolute Gasteiger partial charge is 0.336 e. The van der Waals surface area contributed by atoms with Gasteiger partial charge >= 0.3 is 0 Å². The smallest absolute Gasteiger partial charge is 0.247 e. The molecule has 1 atom stereocenters. The van der Waals surface area contributed by atoms with Crippen molar-refractivity contribution in [3.8, 4) is 5.69 Å². The van der Waals surface area contributed by atoms with Gasteiger partial charge in [0.15, 0.2) is 0 Å². The number of carbonyl (C=O) groups excluding carboxylic acids is 2. The minimum atomic E-state index is -0.708. The Morgan fingerprint density at radius 2 is 1.67 bits per heavy atom. The van der Waals surface area contributed by atoms with Gasteiger partial charge in [0, 0.05) is 50.4 Å².